The Morgan fingerprint density at radius 2 is 2.09 bits per heavy atom. The van der Waals surface area contributed by atoms with E-state index in [0.29, 0.717) is 21.6 Å². The molecule has 1 aliphatic heterocycles. The summed E-state index contributed by atoms with van der Waals surface area (Å²) in [6.07, 6.45) is 1.70. The van der Waals surface area contributed by atoms with Gasteiger partial charge in [0.2, 0.25) is 5.91 Å². The Balaban J connectivity index is 2.29. The van der Waals surface area contributed by atoms with Crippen LogP contribution in [0.5, 0.6) is 11.5 Å². The molecule has 2 rings (SSSR count). The van der Waals surface area contributed by atoms with Crippen molar-refractivity contribution in [2.45, 2.75) is 6.92 Å². The quantitative estimate of drug-likeness (QED) is 0.587. The summed E-state index contributed by atoms with van der Waals surface area (Å²) in [5.41, 5.74) is 0.789. The number of rotatable bonds is 3. The number of aliphatic imine (C=N–C) groups is 1. The molecule has 0 aliphatic carbocycles. The number of nitrogens with zero attached hydrogens (tertiary/aromatic N) is 1. The van der Waals surface area contributed by atoms with Gasteiger partial charge in [-0.3, -0.25) is 9.59 Å². The molecule has 1 heterocycles. The maximum Gasteiger partial charge on any atom is 0.286 e. The fourth-order valence-corrected chi connectivity index (χ4v) is 3.49. The standard InChI is InChI=1S/C14H13IN2O4S/c1-7(18)16-14-17-13(19)11(22-14)6-8-4-9(15)12(21-3)10(5-8)20-2/h4-6H,1-3H3,(H,16,17,18,19). The molecular weight excluding hydrogens is 419 g/mol. The normalized spacial score (nSPS) is 15.7. The van der Waals surface area contributed by atoms with Gasteiger partial charge in [0.15, 0.2) is 16.7 Å². The molecule has 1 aliphatic rings. The van der Waals surface area contributed by atoms with E-state index in [1.807, 2.05) is 6.07 Å². The zero-order valence-electron chi connectivity index (χ0n) is 12.1. The third-order valence-corrected chi connectivity index (χ3v) is 4.36. The van der Waals surface area contributed by atoms with Crippen molar-refractivity contribution in [3.05, 3.63) is 26.2 Å². The summed E-state index contributed by atoms with van der Waals surface area (Å²) in [6, 6.07) is 3.65. The number of benzene rings is 1. The molecule has 1 N–H and O–H groups in total. The summed E-state index contributed by atoms with van der Waals surface area (Å²) in [5.74, 6) is 0.588. The first-order valence-corrected chi connectivity index (χ1v) is 8.05. The number of amidine groups is 1. The average molecular weight is 432 g/mol. The molecule has 0 bridgehead atoms. The van der Waals surface area contributed by atoms with Crippen LogP contribution in [0.3, 0.4) is 0 Å². The first kappa shape index (κ1) is 16.8. The van der Waals surface area contributed by atoms with Crippen molar-refractivity contribution in [3.63, 3.8) is 0 Å². The number of carbonyl (C=O) groups is 2. The fourth-order valence-electron chi connectivity index (χ4n) is 1.79. The molecule has 0 aromatic heterocycles. The van der Waals surface area contributed by atoms with Crippen LogP contribution >= 0.6 is 34.4 Å². The number of ether oxygens (including phenoxy) is 2. The lowest BCUT2D eigenvalue weighted by atomic mass is 10.2. The Bertz CT molecular complexity index is 700. The molecular formula is C14H13IN2O4S. The Morgan fingerprint density at radius 3 is 2.68 bits per heavy atom. The molecule has 6 nitrogen and oxygen atoms in total. The van der Waals surface area contributed by atoms with Gasteiger partial charge in [0, 0.05) is 6.92 Å². The summed E-state index contributed by atoms with van der Waals surface area (Å²) >= 11 is 3.26. The maximum atomic E-state index is 11.8. The van der Waals surface area contributed by atoms with Crippen molar-refractivity contribution in [1.82, 2.24) is 5.32 Å². The zero-order valence-corrected chi connectivity index (χ0v) is 15.1. The lowest BCUT2D eigenvalue weighted by Crippen LogP contribution is -2.23. The zero-order chi connectivity index (χ0) is 16.3. The molecule has 8 heteroatoms. The minimum Gasteiger partial charge on any atom is -0.493 e. The van der Waals surface area contributed by atoms with Gasteiger partial charge in [0.25, 0.3) is 5.91 Å². The highest BCUT2D eigenvalue weighted by molar-refractivity contribution is 14.1. The van der Waals surface area contributed by atoms with Gasteiger partial charge < -0.3 is 14.8 Å². The molecule has 1 aromatic carbocycles. The highest BCUT2D eigenvalue weighted by Gasteiger charge is 2.22. The number of hydrogen-bond acceptors (Lipinski definition) is 5. The highest BCUT2D eigenvalue weighted by Crippen LogP contribution is 2.35. The van der Waals surface area contributed by atoms with E-state index >= 15 is 0 Å². The Kier molecular flexibility index (Phi) is 5.46. The monoisotopic (exact) mass is 432 g/mol. The largest absolute Gasteiger partial charge is 0.493 e. The van der Waals surface area contributed by atoms with Crippen LogP contribution in [-0.2, 0) is 9.59 Å². The van der Waals surface area contributed by atoms with E-state index in [2.05, 4.69) is 32.9 Å². The molecule has 1 aromatic rings. The Hall–Kier alpha value is -1.55. The first-order chi connectivity index (χ1) is 10.4. The third-order valence-electron chi connectivity index (χ3n) is 2.66. The number of methoxy groups -OCH3 is 2. The summed E-state index contributed by atoms with van der Waals surface area (Å²) in [7, 11) is 3.13. The van der Waals surface area contributed by atoms with Crippen molar-refractivity contribution in [3.8, 4) is 11.5 Å². The van der Waals surface area contributed by atoms with Gasteiger partial charge in [-0.05, 0) is 58.1 Å². The van der Waals surface area contributed by atoms with E-state index in [1.165, 1.54) is 6.92 Å². The number of amides is 2. The number of nitrogens with one attached hydrogen (secondary N) is 1. The van der Waals surface area contributed by atoms with E-state index in [9.17, 15) is 9.59 Å². The molecule has 22 heavy (non-hydrogen) atoms. The number of halogens is 1. The van der Waals surface area contributed by atoms with Crippen LogP contribution in [0, 0.1) is 3.57 Å². The Labute approximate surface area is 145 Å². The average Bonchev–Trinajstić information content (AvgIpc) is 2.77. The Morgan fingerprint density at radius 1 is 1.36 bits per heavy atom. The van der Waals surface area contributed by atoms with Crippen molar-refractivity contribution in [2.24, 2.45) is 4.99 Å². The van der Waals surface area contributed by atoms with E-state index < -0.39 is 0 Å². The van der Waals surface area contributed by atoms with Crippen molar-refractivity contribution in [2.75, 3.05) is 14.2 Å². The summed E-state index contributed by atoms with van der Waals surface area (Å²) in [4.78, 5) is 27.1. The topological polar surface area (TPSA) is 77.0 Å². The predicted octanol–water partition coefficient (Wildman–Crippen LogP) is 2.41. The van der Waals surface area contributed by atoms with Gasteiger partial charge in [0.05, 0.1) is 22.7 Å². The number of thioether (sulfide) groups is 1. The van der Waals surface area contributed by atoms with Crippen LogP contribution in [0.4, 0.5) is 0 Å². The molecule has 116 valence electrons. The summed E-state index contributed by atoms with van der Waals surface area (Å²) in [5, 5.41) is 2.80. The van der Waals surface area contributed by atoms with Gasteiger partial charge in [-0.15, -0.1) is 0 Å². The number of carbonyl (C=O) groups excluding carboxylic acids is 2. The fraction of sp³-hybridized carbons (Fsp3) is 0.214. The van der Waals surface area contributed by atoms with Gasteiger partial charge >= 0.3 is 0 Å². The SMILES string of the molecule is COc1cc(C=C2SC(NC(C)=O)=NC2=O)cc(I)c1OC. The molecule has 0 fully saturated rings. The molecule has 0 saturated heterocycles. The lowest BCUT2D eigenvalue weighted by molar-refractivity contribution is -0.117. The van der Waals surface area contributed by atoms with E-state index in [1.54, 1.807) is 26.4 Å². The second-order valence-corrected chi connectivity index (χ2v) is 6.45. The van der Waals surface area contributed by atoms with Crippen molar-refractivity contribution in [1.29, 1.82) is 0 Å². The van der Waals surface area contributed by atoms with E-state index in [-0.39, 0.29) is 11.8 Å². The summed E-state index contributed by atoms with van der Waals surface area (Å²) < 4.78 is 11.4. The van der Waals surface area contributed by atoms with Crippen LogP contribution in [0.25, 0.3) is 6.08 Å². The molecule has 0 spiro atoms. The van der Waals surface area contributed by atoms with Gasteiger partial charge in [-0.25, -0.2) is 0 Å². The maximum absolute atomic E-state index is 11.8. The van der Waals surface area contributed by atoms with E-state index in [4.69, 9.17) is 9.47 Å². The molecule has 2 amide bonds. The smallest absolute Gasteiger partial charge is 0.286 e. The van der Waals surface area contributed by atoms with Crippen LogP contribution in [0.1, 0.15) is 12.5 Å². The molecule has 0 radical (unpaired) electrons. The van der Waals surface area contributed by atoms with Crippen molar-refractivity contribution >= 4 is 57.4 Å². The highest BCUT2D eigenvalue weighted by atomic mass is 127. The molecule has 0 unspecified atom stereocenters. The minimum atomic E-state index is -0.376. The first-order valence-electron chi connectivity index (χ1n) is 6.16. The van der Waals surface area contributed by atoms with Crippen molar-refractivity contribution < 1.29 is 19.1 Å². The number of hydrogen-bond donors (Lipinski definition) is 1. The second-order valence-electron chi connectivity index (χ2n) is 4.25. The third kappa shape index (κ3) is 3.80. The van der Waals surface area contributed by atoms with E-state index in [0.717, 1.165) is 20.9 Å². The van der Waals surface area contributed by atoms with Crippen LogP contribution < -0.4 is 14.8 Å². The minimum absolute atomic E-state index is 0.263. The molecule has 0 atom stereocenters. The second kappa shape index (κ2) is 7.14. The van der Waals surface area contributed by atoms with Crippen LogP contribution in [0.2, 0.25) is 0 Å². The lowest BCUT2D eigenvalue weighted by Gasteiger charge is -2.10. The van der Waals surface area contributed by atoms with Crippen LogP contribution in [0.15, 0.2) is 22.0 Å². The molecule has 0 saturated carbocycles. The predicted molar refractivity (Wildman–Crippen MR) is 94.1 cm³/mol. The van der Waals surface area contributed by atoms with Crippen LogP contribution in [-0.4, -0.2) is 31.2 Å². The van der Waals surface area contributed by atoms with Gasteiger partial charge in [0.1, 0.15) is 0 Å². The summed E-state index contributed by atoms with van der Waals surface area (Å²) in [6.45, 7) is 1.37. The van der Waals surface area contributed by atoms with Gasteiger partial charge in [-0.1, -0.05) is 0 Å². The van der Waals surface area contributed by atoms with Gasteiger partial charge in [-0.2, -0.15) is 4.99 Å².